The maximum absolute atomic E-state index is 11.5. The molecule has 0 amide bonds. The molecule has 0 unspecified atom stereocenters. The van der Waals surface area contributed by atoms with Crippen LogP contribution in [0, 0.1) is 0 Å². The standard InChI is InChI=1S/C24H22O3/c1-26-24(25)22-16-14-19(15-17-22)10-7-12-21-11-5-6-13-23(21)27-18-20-8-3-2-4-9-20/h2-9,11-17H,10,18H2,1H3. The van der Waals surface area contributed by atoms with Crippen molar-refractivity contribution in [3.63, 3.8) is 0 Å². The van der Waals surface area contributed by atoms with Crippen molar-refractivity contribution in [2.24, 2.45) is 0 Å². The van der Waals surface area contributed by atoms with Crippen LogP contribution in [0.5, 0.6) is 5.75 Å². The van der Waals surface area contributed by atoms with E-state index < -0.39 is 0 Å². The van der Waals surface area contributed by atoms with Gasteiger partial charge in [0.25, 0.3) is 0 Å². The van der Waals surface area contributed by atoms with Gasteiger partial charge >= 0.3 is 5.97 Å². The molecular weight excluding hydrogens is 336 g/mol. The van der Waals surface area contributed by atoms with Crippen LogP contribution in [0.3, 0.4) is 0 Å². The second kappa shape index (κ2) is 9.39. The molecule has 0 atom stereocenters. The van der Waals surface area contributed by atoms with Gasteiger partial charge in [-0.2, -0.15) is 0 Å². The monoisotopic (exact) mass is 358 g/mol. The van der Waals surface area contributed by atoms with Crippen molar-refractivity contribution < 1.29 is 14.3 Å². The predicted octanol–water partition coefficient (Wildman–Crippen LogP) is 5.31. The molecule has 136 valence electrons. The van der Waals surface area contributed by atoms with E-state index in [1.54, 1.807) is 12.1 Å². The van der Waals surface area contributed by atoms with E-state index in [-0.39, 0.29) is 5.97 Å². The number of allylic oxidation sites excluding steroid dienone is 1. The molecule has 0 heterocycles. The summed E-state index contributed by atoms with van der Waals surface area (Å²) in [6.45, 7) is 0.542. The Balaban J connectivity index is 1.62. The quantitative estimate of drug-likeness (QED) is 0.537. The molecule has 0 N–H and O–H groups in total. The zero-order valence-electron chi connectivity index (χ0n) is 15.3. The first kappa shape index (κ1) is 18.5. The van der Waals surface area contributed by atoms with Crippen molar-refractivity contribution >= 4 is 12.0 Å². The minimum Gasteiger partial charge on any atom is -0.488 e. The van der Waals surface area contributed by atoms with Gasteiger partial charge in [-0.3, -0.25) is 0 Å². The van der Waals surface area contributed by atoms with Crippen molar-refractivity contribution in [1.82, 2.24) is 0 Å². The Morgan fingerprint density at radius 2 is 1.56 bits per heavy atom. The third kappa shape index (κ3) is 5.32. The summed E-state index contributed by atoms with van der Waals surface area (Å²) < 4.78 is 10.7. The highest BCUT2D eigenvalue weighted by molar-refractivity contribution is 5.89. The summed E-state index contributed by atoms with van der Waals surface area (Å²) in [6, 6.07) is 25.6. The van der Waals surface area contributed by atoms with Gasteiger partial charge in [-0.05, 0) is 35.7 Å². The van der Waals surface area contributed by atoms with Crippen LogP contribution in [-0.4, -0.2) is 13.1 Å². The summed E-state index contributed by atoms with van der Waals surface area (Å²) in [5.41, 5.74) is 3.87. The van der Waals surface area contributed by atoms with Gasteiger partial charge in [0.05, 0.1) is 12.7 Å². The molecule has 0 aromatic heterocycles. The van der Waals surface area contributed by atoms with Gasteiger partial charge in [-0.25, -0.2) is 4.79 Å². The average molecular weight is 358 g/mol. The fourth-order valence-electron chi connectivity index (χ4n) is 2.70. The lowest BCUT2D eigenvalue weighted by Gasteiger charge is -2.09. The fraction of sp³-hybridized carbons (Fsp3) is 0.125. The highest BCUT2D eigenvalue weighted by Crippen LogP contribution is 2.21. The number of esters is 1. The van der Waals surface area contributed by atoms with Gasteiger partial charge in [0.15, 0.2) is 0 Å². The van der Waals surface area contributed by atoms with Gasteiger partial charge in [0.2, 0.25) is 0 Å². The number of methoxy groups -OCH3 is 1. The van der Waals surface area contributed by atoms with Gasteiger partial charge in [-0.15, -0.1) is 0 Å². The van der Waals surface area contributed by atoms with Crippen molar-refractivity contribution in [2.75, 3.05) is 7.11 Å². The predicted molar refractivity (Wildman–Crippen MR) is 108 cm³/mol. The third-order valence-electron chi connectivity index (χ3n) is 4.18. The molecule has 0 radical (unpaired) electrons. The van der Waals surface area contributed by atoms with Gasteiger partial charge < -0.3 is 9.47 Å². The van der Waals surface area contributed by atoms with Crippen LogP contribution in [0.2, 0.25) is 0 Å². The first-order valence-electron chi connectivity index (χ1n) is 8.86. The number of hydrogen-bond acceptors (Lipinski definition) is 3. The number of para-hydroxylation sites is 1. The largest absolute Gasteiger partial charge is 0.488 e. The zero-order chi connectivity index (χ0) is 18.9. The Bertz CT molecular complexity index is 896. The molecule has 0 aliphatic rings. The molecule has 3 heteroatoms. The number of rotatable bonds is 7. The van der Waals surface area contributed by atoms with Crippen molar-refractivity contribution in [2.45, 2.75) is 13.0 Å². The van der Waals surface area contributed by atoms with Crippen LogP contribution in [0.1, 0.15) is 27.0 Å². The Labute approximate surface area is 159 Å². The topological polar surface area (TPSA) is 35.5 Å². The molecule has 0 aliphatic carbocycles. The summed E-state index contributed by atoms with van der Waals surface area (Å²) in [5.74, 6) is 0.542. The van der Waals surface area contributed by atoms with E-state index in [0.717, 1.165) is 28.9 Å². The molecule has 27 heavy (non-hydrogen) atoms. The van der Waals surface area contributed by atoms with Gasteiger partial charge in [-0.1, -0.05) is 72.8 Å². The van der Waals surface area contributed by atoms with Crippen molar-refractivity contribution in [1.29, 1.82) is 0 Å². The molecule has 3 nitrogen and oxygen atoms in total. The van der Waals surface area contributed by atoms with Crippen LogP contribution in [0.25, 0.3) is 6.08 Å². The molecule has 3 aromatic carbocycles. The molecule has 0 aliphatic heterocycles. The first-order valence-corrected chi connectivity index (χ1v) is 8.86. The first-order chi connectivity index (χ1) is 13.3. The average Bonchev–Trinajstić information content (AvgIpc) is 2.74. The Morgan fingerprint density at radius 3 is 2.30 bits per heavy atom. The van der Waals surface area contributed by atoms with E-state index in [4.69, 9.17) is 9.47 Å². The molecule has 0 bridgehead atoms. The third-order valence-corrected chi connectivity index (χ3v) is 4.18. The zero-order valence-corrected chi connectivity index (χ0v) is 15.3. The van der Waals surface area contributed by atoms with Crippen LogP contribution < -0.4 is 4.74 Å². The maximum atomic E-state index is 11.5. The van der Waals surface area contributed by atoms with E-state index in [0.29, 0.717) is 12.2 Å². The molecule has 3 aromatic rings. The second-order valence-electron chi connectivity index (χ2n) is 6.11. The van der Waals surface area contributed by atoms with Gasteiger partial charge in [0.1, 0.15) is 12.4 Å². The molecular formula is C24H22O3. The number of benzene rings is 3. The lowest BCUT2D eigenvalue weighted by Crippen LogP contribution is -2.00. The Kier molecular flexibility index (Phi) is 6.42. The molecule has 0 spiro atoms. The summed E-state index contributed by atoms with van der Waals surface area (Å²) in [4.78, 5) is 11.5. The highest BCUT2D eigenvalue weighted by atomic mass is 16.5. The highest BCUT2D eigenvalue weighted by Gasteiger charge is 2.04. The Morgan fingerprint density at radius 1 is 0.852 bits per heavy atom. The second-order valence-corrected chi connectivity index (χ2v) is 6.11. The van der Waals surface area contributed by atoms with Gasteiger partial charge in [0, 0.05) is 5.56 Å². The summed E-state index contributed by atoms with van der Waals surface area (Å²) in [7, 11) is 1.39. The van der Waals surface area contributed by atoms with E-state index in [2.05, 4.69) is 24.3 Å². The summed E-state index contributed by atoms with van der Waals surface area (Å²) >= 11 is 0. The number of ether oxygens (including phenoxy) is 2. The van der Waals surface area contributed by atoms with E-state index in [9.17, 15) is 4.79 Å². The maximum Gasteiger partial charge on any atom is 0.337 e. The normalized spacial score (nSPS) is 10.7. The van der Waals surface area contributed by atoms with Crippen molar-refractivity contribution in [3.8, 4) is 5.75 Å². The van der Waals surface area contributed by atoms with E-state index >= 15 is 0 Å². The smallest absolute Gasteiger partial charge is 0.337 e. The molecule has 0 fully saturated rings. The van der Waals surface area contributed by atoms with E-state index in [1.165, 1.54) is 7.11 Å². The SMILES string of the molecule is COC(=O)c1ccc(CC=Cc2ccccc2OCc2ccccc2)cc1. The lowest BCUT2D eigenvalue weighted by atomic mass is 10.1. The number of carbonyl (C=O) groups is 1. The van der Waals surface area contributed by atoms with Crippen LogP contribution in [0.4, 0.5) is 0 Å². The minimum absolute atomic E-state index is 0.318. The van der Waals surface area contributed by atoms with Crippen LogP contribution >= 0.6 is 0 Å². The molecule has 0 saturated carbocycles. The Hall–Kier alpha value is -3.33. The van der Waals surface area contributed by atoms with E-state index in [1.807, 2.05) is 54.6 Å². The molecule has 3 rings (SSSR count). The number of carbonyl (C=O) groups excluding carboxylic acids is 1. The lowest BCUT2D eigenvalue weighted by molar-refractivity contribution is 0.0600. The number of hydrogen-bond donors (Lipinski definition) is 0. The van der Waals surface area contributed by atoms with Crippen LogP contribution in [-0.2, 0) is 17.8 Å². The summed E-state index contributed by atoms with van der Waals surface area (Å²) in [6.07, 6.45) is 4.93. The van der Waals surface area contributed by atoms with Crippen LogP contribution in [0.15, 0.2) is 84.9 Å². The minimum atomic E-state index is -0.318. The fourth-order valence-corrected chi connectivity index (χ4v) is 2.70. The molecule has 0 saturated heterocycles. The van der Waals surface area contributed by atoms with Crippen molar-refractivity contribution in [3.05, 3.63) is 107 Å². The summed E-state index contributed by atoms with van der Waals surface area (Å²) in [5, 5.41) is 0.